The van der Waals surface area contributed by atoms with Gasteiger partial charge < -0.3 is 10.5 Å². The lowest BCUT2D eigenvalue weighted by atomic mass is 10.0. The van der Waals surface area contributed by atoms with Gasteiger partial charge in [-0.3, -0.25) is 0 Å². The van der Waals surface area contributed by atoms with E-state index in [2.05, 4.69) is 6.07 Å². The summed E-state index contributed by atoms with van der Waals surface area (Å²) >= 11 is 3.75. The van der Waals surface area contributed by atoms with Gasteiger partial charge in [-0.25, -0.2) is 4.39 Å². The lowest BCUT2D eigenvalue weighted by Gasteiger charge is -2.12. The number of ether oxygens (including phenoxy) is 1. The van der Waals surface area contributed by atoms with Gasteiger partial charge in [-0.15, -0.1) is 11.3 Å². The zero-order valence-corrected chi connectivity index (χ0v) is 13.5. The molecule has 0 saturated carbocycles. The largest absolute Gasteiger partial charge is 0.494 e. The van der Waals surface area contributed by atoms with Crippen LogP contribution in [0.3, 0.4) is 0 Å². The van der Waals surface area contributed by atoms with Crippen molar-refractivity contribution in [2.24, 2.45) is 5.73 Å². The Bertz CT molecular complexity index is 618. The second-order valence-electron chi connectivity index (χ2n) is 5.14. The molecule has 0 bridgehead atoms. The monoisotopic (exact) mass is 323 g/mol. The Balaban J connectivity index is 1.80. The van der Waals surface area contributed by atoms with Crippen LogP contribution in [0.25, 0.3) is 0 Å². The number of methoxy groups -OCH3 is 1. The highest BCUT2D eigenvalue weighted by Crippen LogP contribution is 2.35. The zero-order chi connectivity index (χ0) is 14.8. The molecule has 0 fully saturated rings. The van der Waals surface area contributed by atoms with Crippen molar-refractivity contribution in [3.8, 4) is 5.75 Å². The molecule has 2 heterocycles. The second-order valence-corrected chi connectivity index (χ2v) is 7.42. The normalized spacial score (nSPS) is 15.6. The van der Waals surface area contributed by atoms with Crippen LogP contribution < -0.4 is 10.5 Å². The summed E-state index contributed by atoms with van der Waals surface area (Å²) in [5, 5.41) is 0. The van der Waals surface area contributed by atoms with E-state index in [0.717, 1.165) is 17.1 Å². The lowest BCUT2D eigenvalue weighted by molar-refractivity contribution is 0.383. The second kappa shape index (κ2) is 6.38. The van der Waals surface area contributed by atoms with Crippen LogP contribution in [0.15, 0.2) is 24.3 Å². The summed E-state index contributed by atoms with van der Waals surface area (Å²) in [6.07, 6.45) is 1.63. The van der Waals surface area contributed by atoms with E-state index in [1.165, 1.54) is 23.3 Å². The highest BCUT2D eigenvalue weighted by Gasteiger charge is 2.19. The third-order valence-corrected chi connectivity index (χ3v) is 6.09. The lowest BCUT2D eigenvalue weighted by Crippen LogP contribution is -2.13. The molecule has 1 aliphatic rings. The maximum Gasteiger partial charge on any atom is 0.168 e. The number of thioether (sulfide) groups is 1. The minimum atomic E-state index is -0.299. The van der Waals surface area contributed by atoms with E-state index in [4.69, 9.17) is 10.5 Å². The van der Waals surface area contributed by atoms with Gasteiger partial charge in [0, 0.05) is 21.5 Å². The number of nitrogens with two attached hydrogens (primary N) is 1. The van der Waals surface area contributed by atoms with Crippen LogP contribution in [0.1, 0.15) is 26.9 Å². The molecule has 21 heavy (non-hydrogen) atoms. The van der Waals surface area contributed by atoms with Crippen molar-refractivity contribution in [1.82, 2.24) is 0 Å². The quantitative estimate of drug-likeness (QED) is 0.926. The molecule has 1 aromatic heterocycles. The number of aryl methyl sites for hydroxylation is 1. The van der Waals surface area contributed by atoms with Gasteiger partial charge in [0.15, 0.2) is 11.6 Å². The number of rotatable bonds is 4. The maximum atomic E-state index is 14.2. The molecule has 1 unspecified atom stereocenters. The number of hydrogen-bond acceptors (Lipinski definition) is 4. The molecule has 0 saturated heterocycles. The third-order valence-electron chi connectivity index (χ3n) is 3.72. The topological polar surface area (TPSA) is 35.2 Å². The van der Waals surface area contributed by atoms with Crippen LogP contribution >= 0.6 is 23.1 Å². The minimum absolute atomic E-state index is 0.160. The molecule has 0 radical (unpaired) electrons. The zero-order valence-electron chi connectivity index (χ0n) is 11.9. The summed E-state index contributed by atoms with van der Waals surface area (Å²) in [7, 11) is 1.48. The Morgan fingerprint density at radius 2 is 2.29 bits per heavy atom. The first-order chi connectivity index (χ1) is 10.2. The predicted octanol–water partition coefficient (Wildman–Crippen LogP) is 3.93. The first kappa shape index (κ1) is 14.9. The summed E-state index contributed by atoms with van der Waals surface area (Å²) in [4.78, 5) is 2.61. The molecular formula is C16H18FNOS2. The van der Waals surface area contributed by atoms with Gasteiger partial charge in [-0.2, -0.15) is 11.8 Å². The van der Waals surface area contributed by atoms with Crippen molar-refractivity contribution in [2.75, 3.05) is 12.9 Å². The molecule has 1 aromatic carbocycles. The van der Waals surface area contributed by atoms with Crippen molar-refractivity contribution < 1.29 is 9.13 Å². The molecular weight excluding hydrogens is 305 g/mol. The Kier molecular flexibility index (Phi) is 4.52. The highest BCUT2D eigenvalue weighted by molar-refractivity contribution is 7.98. The van der Waals surface area contributed by atoms with E-state index in [-0.39, 0.29) is 17.6 Å². The van der Waals surface area contributed by atoms with E-state index in [0.29, 0.717) is 12.0 Å². The van der Waals surface area contributed by atoms with E-state index in [1.807, 2.05) is 11.8 Å². The summed E-state index contributed by atoms with van der Waals surface area (Å²) in [6, 6.07) is 7.26. The summed E-state index contributed by atoms with van der Waals surface area (Å²) in [5.74, 6) is 2.24. The SMILES string of the molecule is COc1cccc(CC(N)c2cc3c(s2)CCSC3)c1F. The van der Waals surface area contributed by atoms with E-state index in [1.54, 1.807) is 29.5 Å². The van der Waals surface area contributed by atoms with Gasteiger partial charge in [-0.05, 0) is 41.9 Å². The molecule has 1 atom stereocenters. The summed E-state index contributed by atoms with van der Waals surface area (Å²) in [5.41, 5.74) is 8.32. The Labute approximate surface area is 132 Å². The van der Waals surface area contributed by atoms with Gasteiger partial charge >= 0.3 is 0 Å². The minimum Gasteiger partial charge on any atom is -0.494 e. The van der Waals surface area contributed by atoms with Gasteiger partial charge in [0.05, 0.1) is 7.11 Å². The van der Waals surface area contributed by atoms with Crippen LogP contribution in [-0.2, 0) is 18.6 Å². The Morgan fingerprint density at radius 3 is 3.05 bits per heavy atom. The number of halogens is 1. The maximum absolute atomic E-state index is 14.2. The van der Waals surface area contributed by atoms with Crippen LogP contribution in [0.2, 0.25) is 0 Å². The van der Waals surface area contributed by atoms with Crippen molar-refractivity contribution in [2.45, 2.75) is 24.6 Å². The van der Waals surface area contributed by atoms with Crippen molar-refractivity contribution in [3.63, 3.8) is 0 Å². The third kappa shape index (κ3) is 3.10. The number of hydrogen-bond donors (Lipinski definition) is 1. The van der Waals surface area contributed by atoms with E-state index >= 15 is 0 Å². The molecule has 112 valence electrons. The molecule has 2 N–H and O–H groups in total. The van der Waals surface area contributed by atoms with Crippen molar-refractivity contribution >= 4 is 23.1 Å². The number of thiophene rings is 1. The van der Waals surface area contributed by atoms with Crippen LogP contribution in [-0.4, -0.2) is 12.9 Å². The fraction of sp³-hybridized carbons (Fsp3) is 0.375. The van der Waals surface area contributed by atoms with Gasteiger partial charge in [0.25, 0.3) is 0 Å². The average Bonchev–Trinajstić information content (AvgIpc) is 2.93. The fourth-order valence-electron chi connectivity index (χ4n) is 2.56. The van der Waals surface area contributed by atoms with E-state index in [9.17, 15) is 4.39 Å². The Morgan fingerprint density at radius 1 is 1.43 bits per heavy atom. The first-order valence-corrected chi connectivity index (χ1v) is 8.92. The molecule has 5 heteroatoms. The summed E-state index contributed by atoms with van der Waals surface area (Å²) in [6.45, 7) is 0. The van der Waals surface area contributed by atoms with E-state index < -0.39 is 0 Å². The smallest absolute Gasteiger partial charge is 0.168 e. The van der Waals surface area contributed by atoms with Gasteiger partial charge in [-0.1, -0.05) is 12.1 Å². The molecule has 2 nitrogen and oxygen atoms in total. The van der Waals surface area contributed by atoms with Crippen LogP contribution in [0.5, 0.6) is 5.75 Å². The molecule has 0 amide bonds. The van der Waals surface area contributed by atoms with Crippen molar-refractivity contribution in [3.05, 3.63) is 51.0 Å². The fourth-order valence-corrected chi connectivity index (χ4v) is 4.94. The molecule has 2 aromatic rings. The highest BCUT2D eigenvalue weighted by atomic mass is 32.2. The van der Waals surface area contributed by atoms with Gasteiger partial charge in [0.2, 0.25) is 0 Å². The molecule has 3 rings (SSSR count). The van der Waals surface area contributed by atoms with Crippen molar-refractivity contribution in [1.29, 1.82) is 0 Å². The number of benzene rings is 1. The molecule has 0 spiro atoms. The first-order valence-electron chi connectivity index (χ1n) is 6.95. The van der Waals surface area contributed by atoms with Crippen LogP contribution in [0, 0.1) is 5.82 Å². The average molecular weight is 323 g/mol. The standard InChI is InChI=1S/C16H18FNOS2/c1-19-13-4-2-3-10(16(13)17)7-12(18)15-8-11-9-20-6-5-14(11)21-15/h2-4,8,12H,5-7,9,18H2,1H3. The molecule has 0 aliphatic carbocycles. The Hall–Kier alpha value is -1.04. The molecule has 1 aliphatic heterocycles. The van der Waals surface area contributed by atoms with Gasteiger partial charge in [0.1, 0.15) is 0 Å². The predicted molar refractivity (Wildman–Crippen MR) is 87.8 cm³/mol. The van der Waals surface area contributed by atoms with Crippen LogP contribution in [0.4, 0.5) is 4.39 Å². The summed E-state index contributed by atoms with van der Waals surface area (Å²) < 4.78 is 19.2. The number of fused-ring (bicyclic) bond motifs is 1.